The van der Waals surface area contributed by atoms with Crippen LogP contribution in [0.1, 0.15) is 32.6 Å². The first-order valence-electron chi connectivity index (χ1n) is 4.02. The molecule has 1 rings (SSSR count). The minimum absolute atomic E-state index is 0.783. The lowest BCUT2D eigenvalue weighted by Gasteiger charge is -2.23. The van der Waals surface area contributed by atoms with Gasteiger partial charge in [0, 0.05) is 0 Å². The average molecular weight is 136 g/mol. The number of hydrogen-bond acceptors (Lipinski definition) is 0. The largest absolute Gasteiger partial charge is 0.0999 e. The minimum Gasteiger partial charge on any atom is -0.0999 e. The maximum Gasteiger partial charge on any atom is -0.0203 e. The van der Waals surface area contributed by atoms with Crippen molar-refractivity contribution in [3.63, 3.8) is 0 Å². The lowest BCUT2D eigenvalue weighted by molar-refractivity contribution is 0.468. The van der Waals surface area contributed by atoms with Gasteiger partial charge in [-0.3, -0.25) is 0 Å². The first-order chi connectivity index (χ1) is 4.70. The van der Waals surface area contributed by atoms with Crippen molar-refractivity contribution in [2.45, 2.75) is 32.6 Å². The van der Waals surface area contributed by atoms with Crippen molar-refractivity contribution < 1.29 is 0 Å². The second kappa shape index (κ2) is 3.05. The van der Waals surface area contributed by atoms with Gasteiger partial charge in [-0.1, -0.05) is 24.3 Å². The Labute approximate surface area is 63.6 Å². The molecule has 0 aromatic rings. The van der Waals surface area contributed by atoms with Gasteiger partial charge >= 0.3 is 0 Å². The fourth-order valence-corrected chi connectivity index (χ4v) is 1.52. The van der Waals surface area contributed by atoms with Crippen LogP contribution in [0.2, 0.25) is 0 Å². The Morgan fingerprint density at radius 2 is 1.90 bits per heavy atom. The predicted molar refractivity (Wildman–Crippen MR) is 45.9 cm³/mol. The molecule has 1 aliphatic rings. The Morgan fingerprint density at radius 3 is 2.30 bits per heavy atom. The first-order valence-corrected chi connectivity index (χ1v) is 4.02. The minimum atomic E-state index is 0.783. The van der Waals surface area contributed by atoms with Crippen LogP contribution in [0, 0.1) is 5.92 Å². The molecule has 0 unspecified atom stereocenters. The lowest BCUT2D eigenvalue weighted by Crippen LogP contribution is -2.07. The average Bonchev–Trinajstić information content (AvgIpc) is 1.88. The monoisotopic (exact) mass is 136 g/mol. The van der Waals surface area contributed by atoms with Crippen LogP contribution < -0.4 is 0 Å². The zero-order chi connectivity index (χ0) is 7.56. The molecule has 1 aliphatic carbocycles. The highest BCUT2D eigenvalue weighted by atomic mass is 14.2. The second-order valence-electron chi connectivity index (χ2n) is 3.37. The summed E-state index contributed by atoms with van der Waals surface area (Å²) in [5.41, 5.74) is 2.78. The molecule has 0 nitrogen and oxygen atoms in total. The van der Waals surface area contributed by atoms with Gasteiger partial charge in [-0.15, -0.1) is 0 Å². The number of rotatable bonds is 1. The third kappa shape index (κ3) is 1.73. The molecule has 1 saturated carbocycles. The van der Waals surface area contributed by atoms with E-state index < -0.39 is 0 Å². The van der Waals surface area contributed by atoms with E-state index in [9.17, 15) is 0 Å². The molecule has 0 aliphatic heterocycles. The number of hydrogen-bond donors (Lipinski definition) is 0. The molecule has 10 heavy (non-hydrogen) atoms. The zero-order valence-electron chi connectivity index (χ0n) is 6.82. The maximum atomic E-state index is 3.98. The summed E-state index contributed by atoms with van der Waals surface area (Å²) < 4.78 is 0. The van der Waals surface area contributed by atoms with E-state index in [-0.39, 0.29) is 0 Å². The summed E-state index contributed by atoms with van der Waals surface area (Å²) in [4.78, 5) is 0. The third-order valence-electron chi connectivity index (χ3n) is 2.39. The molecule has 0 atom stereocenters. The van der Waals surface area contributed by atoms with Crippen LogP contribution in [0.15, 0.2) is 24.3 Å². The van der Waals surface area contributed by atoms with Gasteiger partial charge in [-0.05, 0) is 38.5 Å². The van der Waals surface area contributed by atoms with Crippen molar-refractivity contribution in [2.24, 2.45) is 5.92 Å². The van der Waals surface area contributed by atoms with Gasteiger partial charge in [0.1, 0.15) is 0 Å². The normalized spacial score (nSPS) is 21.1. The Balaban J connectivity index is 2.40. The summed E-state index contributed by atoms with van der Waals surface area (Å²) in [6.07, 6.45) is 5.01. The van der Waals surface area contributed by atoms with Crippen molar-refractivity contribution in [2.75, 3.05) is 0 Å². The Kier molecular flexibility index (Phi) is 2.31. The molecule has 0 aromatic carbocycles. The SMILES string of the molecule is C=C1CCC(C(=C)C)CC1. The smallest absolute Gasteiger partial charge is 0.0203 e. The van der Waals surface area contributed by atoms with E-state index in [1.165, 1.54) is 36.8 Å². The van der Waals surface area contributed by atoms with E-state index in [1.807, 2.05) is 0 Å². The predicted octanol–water partition coefficient (Wildman–Crippen LogP) is 3.31. The van der Waals surface area contributed by atoms with E-state index in [0.29, 0.717) is 0 Å². The van der Waals surface area contributed by atoms with Gasteiger partial charge in [0.25, 0.3) is 0 Å². The van der Waals surface area contributed by atoms with Crippen molar-refractivity contribution in [3.8, 4) is 0 Å². The lowest BCUT2D eigenvalue weighted by atomic mass is 9.83. The van der Waals surface area contributed by atoms with Crippen LogP contribution in [-0.2, 0) is 0 Å². The highest BCUT2D eigenvalue weighted by Gasteiger charge is 2.14. The van der Waals surface area contributed by atoms with Crippen LogP contribution >= 0.6 is 0 Å². The van der Waals surface area contributed by atoms with Crippen molar-refractivity contribution >= 4 is 0 Å². The Bertz CT molecular complexity index is 143. The Hall–Kier alpha value is -0.520. The fraction of sp³-hybridized carbons (Fsp3) is 0.600. The molecule has 56 valence electrons. The molecule has 0 heterocycles. The van der Waals surface area contributed by atoms with Crippen LogP contribution in [0.25, 0.3) is 0 Å². The van der Waals surface area contributed by atoms with Gasteiger partial charge in [-0.2, -0.15) is 0 Å². The maximum absolute atomic E-state index is 3.98. The molecule has 1 fully saturated rings. The van der Waals surface area contributed by atoms with Crippen LogP contribution in [0.4, 0.5) is 0 Å². The van der Waals surface area contributed by atoms with E-state index in [1.54, 1.807) is 0 Å². The van der Waals surface area contributed by atoms with Crippen molar-refractivity contribution in [3.05, 3.63) is 24.3 Å². The quantitative estimate of drug-likeness (QED) is 0.485. The molecule has 0 radical (unpaired) electrons. The third-order valence-corrected chi connectivity index (χ3v) is 2.39. The molecule has 0 bridgehead atoms. The van der Waals surface area contributed by atoms with Crippen LogP contribution in [0.3, 0.4) is 0 Å². The summed E-state index contributed by atoms with van der Waals surface area (Å²) in [6, 6.07) is 0. The molecule has 0 heteroatoms. The number of allylic oxidation sites excluding steroid dienone is 2. The van der Waals surface area contributed by atoms with Gasteiger partial charge in [0.15, 0.2) is 0 Å². The molecule has 0 saturated heterocycles. The zero-order valence-corrected chi connectivity index (χ0v) is 6.82. The highest BCUT2D eigenvalue weighted by Crippen LogP contribution is 2.30. The Morgan fingerprint density at radius 1 is 1.40 bits per heavy atom. The molecule has 0 N–H and O–H groups in total. The van der Waals surface area contributed by atoms with Gasteiger partial charge in [0.2, 0.25) is 0 Å². The molecule has 0 aromatic heterocycles. The van der Waals surface area contributed by atoms with Gasteiger partial charge in [0.05, 0.1) is 0 Å². The van der Waals surface area contributed by atoms with Gasteiger partial charge in [-0.25, -0.2) is 0 Å². The summed E-state index contributed by atoms with van der Waals surface area (Å²) in [7, 11) is 0. The van der Waals surface area contributed by atoms with Crippen LogP contribution in [0.5, 0.6) is 0 Å². The van der Waals surface area contributed by atoms with E-state index >= 15 is 0 Å². The molecule has 0 spiro atoms. The molecular weight excluding hydrogens is 120 g/mol. The van der Waals surface area contributed by atoms with E-state index in [4.69, 9.17) is 0 Å². The van der Waals surface area contributed by atoms with E-state index in [2.05, 4.69) is 20.1 Å². The summed E-state index contributed by atoms with van der Waals surface area (Å²) >= 11 is 0. The van der Waals surface area contributed by atoms with E-state index in [0.717, 1.165) is 5.92 Å². The first kappa shape index (κ1) is 7.59. The summed E-state index contributed by atoms with van der Waals surface area (Å²) in [6.45, 7) is 10.1. The summed E-state index contributed by atoms with van der Waals surface area (Å²) in [5.74, 6) is 0.783. The van der Waals surface area contributed by atoms with Crippen LogP contribution in [-0.4, -0.2) is 0 Å². The standard InChI is InChI=1S/C10H16/c1-8(2)10-6-4-9(3)5-7-10/h10H,1,3-7H2,2H3. The van der Waals surface area contributed by atoms with Gasteiger partial charge < -0.3 is 0 Å². The molecular formula is C10H16. The highest BCUT2D eigenvalue weighted by molar-refractivity contribution is 5.06. The van der Waals surface area contributed by atoms with Crippen molar-refractivity contribution in [1.29, 1.82) is 0 Å². The topological polar surface area (TPSA) is 0 Å². The fourth-order valence-electron chi connectivity index (χ4n) is 1.52. The van der Waals surface area contributed by atoms with Crippen molar-refractivity contribution in [1.82, 2.24) is 0 Å². The second-order valence-corrected chi connectivity index (χ2v) is 3.37. The molecule has 0 amide bonds. The summed E-state index contributed by atoms with van der Waals surface area (Å²) in [5, 5.41) is 0.